The number of nitro groups is 1. The predicted octanol–water partition coefficient (Wildman–Crippen LogP) is 1.42. The minimum absolute atomic E-state index is 0.00176. The van der Waals surface area contributed by atoms with Crippen LogP contribution in [0.4, 0.5) is 5.69 Å². The molecular formula is C11H8N2O4. The molecule has 0 radical (unpaired) electrons. The van der Waals surface area contributed by atoms with E-state index in [1.54, 1.807) is 0 Å². The van der Waals surface area contributed by atoms with Gasteiger partial charge >= 0.3 is 0 Å². The summed E-state index contributed by atoms with van der Waals surface area (Å²) < 4.78 is 0. The number of phenolic OH excluding ortho intramolecular Hbond substituents is 1. The highest BCUT2D eigenvalue weighted by molar-refractivity contribution is 5.90. The van der Waals surface area contributed by atoms with Crippen LogP contribution in [0.15, 0.2) is 18.2 Å². The lowest BCUT2D eigenvalue weighted by atomic mass is 9.64. The summed E-state index contributed by atoms with van der Waals surface area (Å²) in [6.45, 7) is 0. The molecular weight excluding hydrogens is 224 g/mol. The normalized spacial score (nSPS) is 17.0. The van der Waals surface area contributed by atoms with Gasteiger partial charge < -0.3 is 5.11 Å². The topological polar surface area (TPSA) is 104 Å². The maximum atomic E-state index is 11.0. The number of phenols is 1. The number of ketones is 1. The molecule has 6 heteroatoms. The van der Waals surface area contributed by atoms with Crippen molar-refractivity contribution < 1.29 is 14.8 Å². The molecule has 0 aliphatic heterocycles. The summed E-state index contributed by atoms with van der Waals surface area (Å²) in [7, 11) is 0. The molecule has 2 rings (SSSR count). The average molecular weight is 232 g/mol. The van der Waals surface area contributed by atoms with Crippen LogP contribution in [-0.4, -0.2) is 15.8 Å². The Morgan fingerprint density at radius 2 is 2.12 bits per heavy atom. The van der Waals surface area contributed by atoms with Gasteiger partial charge in [-0.25, -0.2) is 0 Å². The van der Waals surface area contributed by atoms with Crippen LogP contribution in [0.3, 0.4) is 0 Å². The highest BCUT2D eigenvalue weighted by atomic mass is 16.6. The van der Waals surface area contributed by atoms with Crippen LogP contribution in [0, 0.1) is 21.4 Å². The van der Waals surface area contributed by atoms with Crippen molar-refractivity contribution >= 4 is 11.5 Å². The smallest absolute Gasteiger partial charge is 0.270 e. The summed E-state index contributed by atoms with van der Waals surface area (Å²) >= 11 is 0. The quantitative estimate of drug-likeness (QED) is 0.613. The number of carbonyl (C=O) groups excluding carboxylic acids is 1. The number of non-ortho nitro benzene ring substituents is 1. The zero-order valence-electron chi connectivity index (χ0n) is 8.71. The molecule has 1 N–H and O–H groups in total. The lowest BCUT2D eigenvalue weighted by Gasteiger charge is -2.34. The van der Waals surface area contributed by atoms with Gasteiger partial charge in [-0.05, 0) is 6.07 Å². The molecule has 17 heavy (non-hydrogen) atoms. The predicted molar refractivity (Wildman–Crippen MR) is 56.3 cm³/mol. The molecule has 0 atom stereocenters. The van der Waals surface area contributed by atoms with Crippen LogP contribution in [0.25, 0.3) is 0 Å². The van der Waals surface area contributed by atoms with Gasteiger partial charge in [0, 0.05) is 30.5 Å². The van der Waals surface area contributed by atoms with Crippen LogP contribution in [-0.2, 0) is 10.2 Å². The second-order valence-electron chi connectivity index (χ2n) is 4.04. The highest BCUT2D eigenvalue weighted by Crippen LogP contribution is 2.45. The van der Waals surface area contributed by atoms with Crippen molar-refractivity contribution in [2.45, 2.75) is 18.3 Å². The van der Waals surface area contributed by atoms with E-state index in [-0.39, 0.29) is 35.6 Å². The van der Waals surface area contributed by atoms with Gasteiger partial charge in [-0.2, -0.15) is 5.26 Å². The summed E-state index contributed by atoms with van der Waals surface area (Å²) in [5, 5.41) is 29.4. The van der Waals surface area contributed by atoms with Gasteiger partial charge in [-0.3, -0.25) is 14.9 Å². The summed E-state index contributed by atoms with van der Waals surface area (Å²) in [6.07, 6.45) is -0.00352. The SMILES string of the molecule is N#CC1(c2cc([N+](=O)[O-])ccc2O)CC(=O)C1. The first kappa shape index (κ1) is 11.1. The molecule has 1 fully saturated rings. The maximum Gasteiger partial charge on any atom is 0.270 e. The fourth-order valence-corrected chi connectivity index (χ4v) is 1.97. The Hall–Kier alpha value is -2.42. The lowest BCUT2D eigenvalue weighted by Crippen LogP contribution is -2.40. The Morgan fingerprint density at radius 3 is 2.59 bits per heavy atom. The summed E-state index contributed by atoms with van der Waals surface area (Å²) in [4.78, 5) is 21.0. The van der Waals surface area contributed by atoms with E-state index in [1.807, 2.05) is 6.07 Å². The van der Waals surface area contributed by atoms with Crippen LogP contribution in [0.1, 0.15) is 18.4 Å². The number of rotatable bonds is 2. The number of benzene rings is 1. The molecule has 0 aromatic heterocycles. The second-order valence-corrected chi connectivity index (χ2v) is 4.04. The first-order chi connectivity index (χ1) is 7.98. The first-order valence-electron chi connectivity index (χ1n) is 4.89. The third-order valence-electron chi connectivity index (χ3n) is 2.92. The van der Waals surface area contributed by atoms with Crippen LogP contribution in [0.5, 0.6) is 5.75 Å². The number of Topliss-reactive ketones (excluding diaryl/α,β-unsaturated/α-hetero) is 1. The van der Waals surface area contributed by atoms with Crippen LogP contribution < -0.4 is 0 Å². The standard InChI is InChI=1S/C11H8N2O4/c12-6-11(4-8(14)5-11)9-3-7(13(16)17)1-2-10(9)15/h1-3,15H,4-5H2. The number of hydrogen-bond donors (Lipinski definition) is 1. The van der Waals surface area contributed by atoms with Crippen molar-refractivity contribution in [1.29, 1.82) is 5.26 Å². The molecule has 1 saturated carbocycles. The van der Waals surface area contributed by atoms with Crippen molar-refractivity contribution in [3.63, 3.8) is 0 Å². The van der Waals surface area contributed by atoms with Gasteiger partial charge in [-0.15, -0.1) is 0 Å². The zero-order valence-corrected chi connectivity index (χ0v) is 8.71. The van der Waals surface area contributed by atoms with E-state index in [2.05, 4.69) is 0 Å². The van der Waals surface area contributed by atoms with Crippen LogP contribution >= 0.6 is 0 Å². The van der Waals surface area contributed by atoms with E-state index in [0.717, 1.165) is 12.1 Å². The summed E-state index contributed by atoms with van der Waals surface area (Å²) in [6, 6.07) is 5.46. The van der Waals surface area contributed by atoms with E-state index in [4.69, 9.17) is 5.26 Å². The zero-order chi connectivity index (χ0) is 12.6. The van der Waals surface area contributed by atoms with Crippen molar-refractivity contribution in [1.82, 2.24) is 0 Å². The Labute approximate surface area is 96.3 Å². The van der Waals surface area contributed by atoms with Crippen molar-refractivity contribution in [2.24, 2.45) is 0 Å². The number of nitrogens with zero attached hydrogens (tertiary/aromatic N) is 2. The Morgan fingerprint density at radius 1 is 1.47 bits per heavy atom. The van der Waals surface area contributed by atoms with E-state index >= 15 is 0 Å². The number of nitro benzene ring substituents is 1. The fourth-order valence-electron chi connectivity index (χ4n) is 1.97. The largest absolute Gasteiger partial charge is 0.508 e. The van der Waals surface area contributed by atoms with E-state index in [1.165, 1.54) is 6.07 Å². The van der Waals surface area contributed by atoms with E-state index in [0.29, 0.717) is 0 Å². The summed E-state index contributed by atoms with van der Waals surface area (Å²) in [5.74, 6) is -0.276. The molecule has 0 unspecified atom stereocenters. The molecule has 0 heterocycles. The number of aromatic hydroxyl groups is 1. The molecule has 1 aromatic carbocycles. The van der Waals surface area contributed by atoms with E-state index < -0.39 is 10.3 Å². The average Bonchev–Trinajstić information content (AvgIpc) is 2.25. The highest BCUT2D eigenvalue weighted by Gasteiger charge is 2.47. The van der Waals surface area contributed by atoms with Gasteiger partial charge in [0.15, 0.2) is 0 Å². The minimum Gasteiger partial charge on any atom is -0.508 e. The molecule has 1 aromatic rings. The van der Waals surface area contributed by atoms with Crippen LogP contribution in [0.2, 0.25) is 0 Å². The Bertz CT molecular complexity index is 551. The molecule has 1 aliphatic rings. The van der Waals surface area contributed by atoms with Gasteiger partial charge in [0.05, 0.1) is 16.4 Å². The third-order valence-corrected chi connectivity index (χ3v) is 2.92. The van der Waals surface area contributed by atoms with Gasteiger partial charge in [0.1, 0.15) is 11.5 Å². The molecule has 0 spiro atoms. The molecule has 0 saturated heterocycles. The first-order valence-corrected chi connectivity index (χ1v) is 4.89. The van der Waals surface area contributed by atoms with Crippen molar-refractivity contribution in [3.05, 3.63) is 33.9 Å². The molecule has 1 aliphatic carbocycles. The van der Waals surface area contributed by atoms with Gasteiger partial charge in [0.25, 0.3) is 5.69 Å². The van der Waals surface area contributed by atoms with Gasteiger partial charge in [-0.1, -0.05) is 0 Å². The number of carbonyl (C=O) groups is 1. The van der Waals surface area contributed by atoms with E-state index in [9.17, 15) is 20.0 Å². The minimum atomic E-state index is -1.10. The maximum absolute atomic E-state index is 11.0. The summed E-state index contributed by atoms with van der Waals surface area (Å²) in [5.41, 5.74) is -1.15. The number of hydrogen-bond acceptors (Lipinski definition) is 5. The monoisotopic (exact) mass is 232 g/mol. The fraction of sp³-hybridized carbons (Fsp3) is 0.273. The Kier molecular flexibility index (Phi) is 2.32. The van der Waals surface area contributed by atoms with Gasteiger partial charge in [0.2, 0.25) is 0 Å². The second kappa shape index (κ2) is 3.56. The molecule has 0 bridgehead atoms. The third kappa shape index (κ3) is 1.61. The van der Waals surface area contributed by atoms with Crippen molar-refractivity contribution in [3.8, 4) is 11.8 Å². The lowest BCUT2D eigenvalue weighted by molar-refractivity contribution is -0.385. The molecule has 86 valence electrons. The Balaban J connectivity index is 2.51. The molecule has 0 amide bonds. The number of nitriles is 1. The molecule has 6 nitrogen and oxygen atoms in total. The van der Waals surface area contributed by atoms with Crippen molar-refractivity contribution in [2.75, 3.05) is 0 Å².